The first-order valence-corrected chi connectivity index (χ1v) is 9.92. The molecule has 0 radical (unpaired) electrons. The summed E-state index contributed by atoms with van der Waals surface area (Å²) in [6, 6.07) is 8.01. The van der Waals surface area contributed by atoms with E-state index in [2.05, 4.69) is 48.2 Å². The van der Waals surface area contributed by atoms with Crippen LogP contribution in [0.4, 0.5) is 10.5 Å². The number of thiol groups is 1. The van der Waals surface area contributed by atoms with E-state index in [1.807, 2.05) is 18.2 Å². The molecule has 126 valence electrons. The largest absolute Gasteiger partial charge is 0.446 e. The van der Waals surface area contributed by atoms with Crippen molar-refractivity contribution in [2.75, 3.05) is 5.32 Å². The van der Waals surface area contributed by atoms with Gasteiger partial charge in [-0.1, -0.05) is 44.9 Å². The third kappa shape index (κ3) is 5.79. The van der Waals surface area contributed by atoms with Crippen LogP contribution in [-0.2, 0) is 4.74 Å². The summed E-state index contributed by atoms with van der Waals surface area (Å²) in [6.45, 7) is 4.24. The zero-order valence-electron chi connectivity index (χ0n) is 14.0. The maximum atomic E-state index is 12.1. The highest BCUT2D eigenvalue weighted by Gasteiger charge is 2.13. The Morgan fingerprint density at radius 1 is 1.22 bits per heavy atom. The van der Waals surface area contributed by atoms with Crippen LogP contribution in [0.25, 0.3) is 0 Å². The van der Waals surface area contributed by atoms with Gasteiger partial charge >= 0.3 is 6.09 Å². The van der Waals surface area contributed by atoms with Crippen LogP contribution < -0.4 is 5.32 Å². The lowest BCUT2D eigenvalue weighted by Crippen LogP contribution is -2.22. The van der Waals surface area contributed by atoms with Crippen LogP contribution >= 0.6 is 10.9 Å². The SMILES string of the molecule is CCCCCC(CC)OC(=O)Nc1cccc([SH]2C=CC=C2)c1. The number of anilines is 1. The molecule has 1 aromatic carbocycles. The summed E-state index contributed by atoms with van der Waals surface area (Å²) in [6.07, 6.45) is 9.09. The van der Waals surface area contributed by atoms with Gasteiger partial charge in [0.25, 0.3) is 0 Å². The third-order valence-corrected chi connectivity index (χ3v) is 5.71. The first-order chi connectivity index (χ1) is 11.2. The van der Waals surface area contributed by atoms with Gasteiger partial charge in [0, 0.05) is 5.69 Å². The van der Waals surface area contributed by atoms with Gasteiger partial charge in [-0.2, -0.15) is 10.9 Å². The summed E-state index contributed by atoms with van der Waals surface area (Å²) in [5, 5.41) is 7.27. The number of benzene rings is 1. The molecule has 1 unspecified atom stereocenters. The van der Waals surface area contributed by atoms with Gasteiger partial charge in [-0.3, -0.25) is 5.32 Å². The van der Waals surface area contributed by atoms with E-state index in [4.69, 9.17) is 4.74 Å². The molecule has 1 heterocycles. The Hall–Kier alpha value is -1.68. The number of rotatable bonds is 8. The molecule has 0 saturated carbocycles. The Bertz CT molecular complexity index is 556. The van der Waals surface area contributed by atoms with Crippen molar-refractivity contribution in [2.45, 2.75) is 57.0 Å². The highest BCUT2D eigenvalue weighted by molar-refractivity contribution is 8.22. The number of carbonyl (C=O) groups is 1. The molecule has 0 aromatic heterocycles. The van der Waals surface area contributed by atoms with Crippen LogP contribution in [0.2, 0.25) is 0 Å². The van der Waals surface area contributed by atoms with Crippen LogP contribution in [0.3, 0.4) is 0 Å². The molecule has 1 aliphatic heterocycles. The van der Waals surface area contributed by atoms with Crippen molar-refractivity contribution in [3.63, 3.8) is 0 Å². The number of nitrogens with one attached hydrogen (secondary N) is 1. The maximum absolute atomic E-state index is 12.1. The molecular formula is C19H27NO2S. The lowest BCUT2D eigenvalue weighted by Gasteiger charge is -2.17. The van der Waals surface area contributed by atoms with Crippen molar-refractivity contribution in [1.29, 1.82) is 0 Å². The number of unbranched alkanes of at least 4 members (excludes halogenated alkanes) is 2. The van der Waals surface area contributed by atoms with E-state index < -0.39 is 0 Å². The van der Waals surface area contributed by atoms with Gasteiger partial charge in [-0.25, -0.2) is 4.79 Å². The Morgan fingerprint density at radius 2 is 2.00 bits per heavy atom. The molecule has 1 aromatic rings. The fourth-order valence-electron chi connectivity index (χ4n) is 2.52. The molecular weight excluding hydrogens is 306 g/mol. The van der Waals surface area contributed by atoms with Crippen LogP contribution in [0.15, 0.2) is 52.1 Å². The Kier molecular flexibility index (Phi) is 7.27. The smallest absolute Gasteiger partial charge is 0.411 e. The van der Waals surface area contributed by atoms with Gasteiger partial charge in [0.15, 0.2) is 0 Å². The van der Waals surface area contributed by atoms with E-state index in [-0.39, 0.29) is 23.1 Å². The number of amides is 1. The standard InChI is InChI=1S/C19H27NO2S/c1-3-5-6-11-17(4-2)22-19(21)20-16-10-9-12-18(15-16)23-13-7-8-14-23/h7-10,12-15,17,23H,3-6,11H2,1-2H3,(H,20,21). The molecule has 0 saturated heterocycles. The quantitative estimate of drug-likeness (QED) is 0.452. The molecule has 0 fully saturated rings. The van der Waals surface area contributed by atoms with Crippen molar-refractivity contribution < 1.29 is 9.53 Å². The monoisotopic (exact) mass is 333 g/mol. The number of carbonyl (C=O) groups excluding carboxylic acids is 1. The summed E-state index contributed by atoms with van der Waals surface area (Å²) < 4.78 is 5.54. The number of allylic oxidation sites excluding steroid dienone is 2. The maximum Gasteiger partial charge on any atom is 0.411 e. The molecule has 1 aliphatic rings. The van der Waals surface area contributed by atoms with Crippen molar-refractivity contribution in [3.05, 3.63) is 47.2 Å². The lowest BCUT2D eigenvalue weighted by molar-refractivity contribution is 0.101. The molecule has 0 aliphatic carbocycles. The first kappa shape index (κ1) is 17.7. The second-order valence-electron chi connectivity index (χ2n) is 5.70. The summed E-state index contributed by atoms with van der Waals surface area (Å²) in [4.78, 5) is 13.3. The van der Waals surface area contributed by atoms with Crippen LogP contribution in [0, 0.1) is 0 Å². The van der Waals surface area contributed by atoms with E-state index >= 15 is 0 Å². The van der Waals surface area contributed by atoms with Crippen molar-refractivity contribution >= 4 is 22.7 Å². The second kappa shape index (κ2) is 9.46. The topological polar surface area (TPSA) is 38.3 Å². The molecule has 3 nitrogen and oxygen atoms in total. The lowest BCUT2D eigenvalue weighted by atomic mass is 10.1. The van der Waals surface area contributed by atoms with E-state index in [1.54, 1.807) is 0 Å². The molecule has 1 amide bonds. The van der Waals surface area contributed by atoms with Crippen LogP contribution in [0.5, 0.6) is 0 Å². The minimum atomic E-state index is -0.364. The van der Waals surface area contributed by atoms with Gasteiger partial charge < -0.3 is 4.74 Å². The van der Waals surface area contributed by atoms with Crippen molar-refractivity contribution in [3.8, 4) is 0 Å². The van der Waals surface area contributed by atoms with Gasteiger partial charge in [0.1, 0.15) is 6.10 Å². The highest BCUT2D eigenvalue weighted by atomic mass is 32.2. The van der Waals surface area contributed by atoms with Gasteiger partial charge in [0.2, 0.25) is 0 Å². The van der Waals surface area contributed by atoms with Gasteiger partial charge in [0.05, 0.1) is 0 Å². The Labute approximate surface area is 142 Å². The number of ether oxygens (including phenoxy) is 1. The van der Waals surface area contributed by atoms with E-state index in [9.17, 15) is 4.79 Å². The second-order valence-corrected chi connectivity index (χ2v) is 7.62. The molecule has 4 heteroatoms. The molecule has 2 rings (SSSR count). The minimum Gasteiger partial charge on any atom is -0.446 e. The molecule has 0 bridgehead atoms. The first-order valence-electron chi connectivity index (χ1n) is 8.44. The Balaban J connectivity index is 1.88. The summed E-state index contributed by atoms with van der Waals surface area (Å²) >= 11 is 0. The van der Waals surface area contributed by atoms with E-state index in [0.717, 1.165) is 24.9 Å². The van der Waals surface area contributed by atoms with Crippen LogP contribution in [0.1, 0.15) is 46.0 Å². The Morgan fingerprint density at radius 3 is 2.70 bits per heavy atom. The van der Waals surface area contributed by atoms with Crippen molar-refractivity contribution in [1.82, 2.24) is 0 Å². The summed E-state index contributed by atoms with van der Waals surface area (Å²) in [7, 11) is -0.364. The van der Waals surface area contributed by atoms with E-state index in [1.165, 1.54) is 17.7 Å². The van der Waals surface area contributed by atoms with Gasteiger partial charge in [-0.05, 0) is 53.2 Å². The van der Waals surface area contributed by atoms with E-state index in [0.29, 0.717) is 0 Å². The molecule has 1 atom stereocenters. The predicted octanol–water partition coefficient (Wildman–Crippen LogP) is 6.00. The zero-order valence-corrected chi connectivity index (χ0v) is 14.9. The molecule has 23 heavy (non-hydrogen) atoms. The molecule has 1 N–H and O–H groups in total. The number of hydrogen-bond acceptors (Lipinski definition) is 2. The highest BCUT2D eigenvalue weighted by Crippen LogP contribution is 2.42. The van der Waals surface area contributed by atoms with Crippen molar-refractivity contribution in [2.24, 2.45) is 0 Å². The fourth-order valence-corrected chi connectivity index (χ4v) is 4.08. The van der Waals surface area contributed by atoms with Gasteiger partial charge in [-0.15, -0.1) is 0 Å². The normalized spacial score (nSPS) is 15.7. The zero-order chi connectivity index (χ0) is 16.5. The summed E-state index contributed by atoms with van der Waals surface area (Å²) in [5.74, 6) is 0. The van der Waals surface area contributed by atoms with Crippen LogP contribution in [-0.4, -0.2) is 12.2 Å². The average Bonchev–Trinajstić information content (AvgIpc) is 3.09. The fraction of sp³-hybridized carbons (Fsp3) is 0.421. The number of hydrogen-bond donors (Lipinski definition) is 2. The minimum absolute atomic E-state index is 0.00908. The predicted molar refractivity (Wildman–Crippen MR) is 100 cm³/mol. The summed E-state index contributed by atoms with van der Waals surface area (Å²) in [5.41, 5.74) is 0.798. The third-order valence-electron chi connectivity index (χ3n) is 3.85. The average molecular weight is 333 g/mol. The molecule has 0 spiro atoms.